The van der Waals surface area contributed by atoms with E-state index in [1.165, 1.54) is 0 Å². The summed E-state index contributed by atoms with van der Waals surface area (Å²) >= 11 is 5.97. The van der Waals surface area contributed by atoms with Gasteiger partial charge in [0.15, 0.2) is 0 Å². The standard InChI is InChI=1S/C22H26ClN7O/c1-14(2)19-12-28(4)22(31)30(19)20-9-10-24-21(27-20)26-15(3)18-11-29(13-25-18)17-7-5-16(23)6-8-17/h5-11,13-15,19H,12H2,1-4H3,(H,24,26,27)/t15-,19?/m0/s1. The van der Waals surface area contributed by atoms with Crippen LogP contribution in [0.25, 0.3) is 5.69 Å². The largest absolute Gasteiger partial charge is 0.346 e. The molecule has 9 heteroatoms. The van der Waals surface area contributed by atoms with E-state index in [2.05, 4.69) is 34.1 Å². The van der Waals surface area contributed by atoms with Gasteiger partial charge in [-0.1, -0.05) is 25.4 Å². The highest BCUT2D eigenvalue weighted by atomic mass is 35.5. The van der Waals surface area contributed by atoms with Gasteiger partial charge in [0.25, 0.3) is 0 Å². The van der Waals surface area contributed by atoms with Crippen LogP contribution in [0, 0.1) is 5.92 Å². The molecule has 162 valence electrons. The SMILES string of the molecule is CC(C)C1CN(C)C(=O)N1c1ccnc(N[C@@H](C)c2cn(-c3ccc(Cl)cc3)cn2)n1. The summed E-state index contributed by atoms with van der Waals surface area (Å²) in [7, 11) is 1.82. The highest BCUT2D eigenvalue weighted by molar-refractivity contribution is 6.30. The van der Waals surface area contributed by atoms with Gasteiger partial charge in [0.1, 0.15) is 5.82 Å². The van der Waals surface area contributed by atoms with Crippen LogP contribution in [0.1, 0.15) is 32.5 Å². The fraction of sp³-hybridized carbons (Fsp3) is 0.364. The molecule has 0 saturated carbocycles. The molecule has 0 spiro atoms. The number of amides is 2. The minimum atomic E-state index is -0.123. The van der Waals surface area contributed by atoms with Crippen molar-refractivity contribution in [3.05, 3.63) is 59.8 Å². The Morgan fingerprint density at radius 1 is 1.13 bits per heavy atom. The van der Waals surface area contributed by atoms with E-state index in [0.717, 1.165) is 11.4 Å². The Labute approximate surface area is 186 Å². The first-order valence-electron chi connectivity index (χ1n) is 10.3. The lowest BCUT2D eigenvalue weighted by Crippen LogP contribution is -2.38. The second kappa shape index (κ2) is 8.55. The molecule has 1 saturated heterocycles. The third kappa shape index (κ3) is 4.34. The van der Waals surface area contributed by atoms with Crippen molar-refractivity contribution < 1.29 is 4.79 Å². The number of nitrogens with zero attached hydrogens (tertiary/aromatic N) is 6. The molecule has 8 nitrogen and oxygen atoms in total. The molecule has 1 unspecified atom stereocenters. The van der Waals surface area contributed by atoms with Crippen LogP contribution in [-0.2, 0) is 0 Å². The molecule has 2 amide bonds. The zero-order chi connectivity index (χ0) is 22.1. The Balaban J connectivity index is 1.51. The summed E-state index contributed by atoms with van der Waals surface area (Å²) in [6.07, 6.45) is 5.39. The second-order valence-electron chi connectivity index (χ2n) is 8.13. The van der Waals surface area contributed by atoms with Gasteiger partial charge in [0, 0.05) is 36.7 Å². The summed E-state index contributed by atoms with van der Waals surface area (Å²) in [6, 6.07) is 9.25. The predicted molar refractivity (Wildman–Crippen MR) is 122 cm³/mol. The van der Waals surface area contributed by atoms with E-state index in [9.17, 15) is 4.79 Å². The number of urea groups is 1. The fourth-order valence-electron chi connectivity index (χ4n) is 3.68. The number of carbonyl (C=O) groups is 1. The summed E-state index contributed by atoms with van der Waals surface area (Å²) in [4.78, 5) is 29.6. The molecule has 1 N–H and O–H groups in total. The molecule has 1 aromatic carbocycles. The summed E-state index contributed by atoms with van der Waals surface area (Å²) in [5.74, 6) is 1.37. The number of halogens is 1. The molecule has 0 aliphatic carbocycles. The Hall–Kier alpha value is -3.13. The number of hydrogen-bond acceptors (Lipinski definition) is 5. The average molecular weight is 440 g/mol. The van der Waals surface area contributed by atoms with Gasteiger partial charge in [-0.3, -0.25) is 4.90 Å². The van der Waals surface area contributed by atoms with Crippen LogP contribution in [0.5, 0.6) is 0 Å². The minimum Gasteiger partial charge on any atom is -0.346 e. The molecule has 2 atom stereocenters. The number of anilines is 2. The molecular weight excluding hydrogens is 414 g/mol. The minimum absolute atomic E-state index is 0.0434. The van der Waals surface area contributed by atoms with Crippen LogP contribution >= 0.6 is 11.6 Å². The zero-order valence-electron chi connectivity index (χ0n) is 18.0. The molecule has 1 aliphatic heterocycles. The van der Waals surface area contributed by atoms with Crippen molar-refractivity contribution in [2.75, 3.05) is 23.8 Å². The number of hydrogen-bond donors (Lipinski definition) is 1. The number of aromatic nitrogens is 4. The maximum Gasteiger partial charge on any atom is 0.325 e. The highest BCUT2D eigenvalue weighted by Crippen LogP contribution is 2.27. The van der Waals surface area contributed by atoms with Gasteiger partial charge in [0.2, 0.25) is 5.95 Å². The molecule has 0 bridgehead atoms. The molecule has 1 aliphatic rings. The van der Waals surface area contributed by atoms with Crippen LogP contribution < -0.4 is 10.2 Å². The van der Waals surface area contributed by atoms with Crippen LogP contribution in [0.4, 0.5) is 16.6 Å². The van der Waals surface area contributed by atoms with Crippen molar-refractivity contribution in [3.8, 4) is 5.69 Å². The monoisotopic (exact) mass is 439 g/mol. The van der Waals surface area contributed by atoms with Crippen molar-refractivity contribution in [2.24, 2.45) is 5.92 Å². The number of benzene rings is 1. The molecule has 1 fully saturated rings. The van der Waals surface area contributed by atoms with E-state index < -0.39 is 0 Å². The lowest BCUT2D eigenvalue weighted by molar-refractivity contribution is 0.229. The maximum absolute atomic E-state index is 12.7. The van der Waals surface area contributed by atoms with E-state index >= 15 is 0 Å². The molecule has 2 aromatic heterocycles. The number of imidazole rings is 1. The molecular formula is C22H26ClN7O. The lowest BCUT2D eigenvalue weighted by Gasteiger charge is -2.25. The summed E-state index contributed by atoms with van der Waals surface area (Å²) in [5, 5.41) is 3.99. The number of rotatable bonds is 6. The quantitative estimate of drug-likeness (QED) is 0.616. The summed E-state index contributed by atoms with van der Waals surface area (Å²) in [6.45, 7) is 6.91. The van der Waals surface area contributed by atoms with Gasteiger partial charge in [-0.2, -0.15) is 4.98 Å². The van der Waals surface area contributed by atoms with Crippen molar-refractivity contribution in [3.63, 3.8) is 0 Å². The first-order valence-corrected chi connectivity index (χ1v) is 10.6. The van der Waals surface area contributed by atoms with Gasteiger partial charge in [-0.15, -0.1) is 0 Å². The molecule has 3 aromatic rings. The summed E-state index contributed by atoms with van der Waals surface area (Å²) < 4.78 is 1.94. The Morgan fingerprint density at radius 3 is 2.58 bits per heavy atom. The first kappa shape index (κ1) is 21.1. The van der Waals surface area contributed by atoms with Crippen molar-refractivity contribution >= 4 is 29.4 Å². The smallest absolute Gasteiger partial charge is 0.325 e. The average Bonchev–Trinajstić information content (AvgIpc) is 3.34. The Bertz CT molecular complexity index is 1070. The molecule has 0 radical (unpaired) electrons. The predicted octanol–water partition coefficient (Wildman–Crippen LogP) is 4.39. The first-order chi connectivity index (χ1) is 14.8. The van der Waals surface area contributed by atoms with Gasteiger partial charge in [0.05, 0.1) is 24.1 Å². The van der Waals surface area contributed by atoms with Crippen molar-refractivity contribution in [1.29, 1.82) is 0 Å². The molecule has 3 heterocycles. The fourth-order valence-corrected chi connectivity index (χ4v) is 3.81. The normalized spacial score (nSPS) is 17.5. The second-order valence-corrected chi connectivity index (χ2v) is 8.57. The number of nitrogens with one attached hydrogen (secondary N) is 1. The third-order valence-corrected chi connectivity index (χ3v) is 5.75. The van der Waals surface area contributed by atoms with Crippen LogP contribution in [0.3, 0.4) is 0 Å². The van der Waals surface area contributed by atoms with Crippen LogP contribution in [0.15, 0.2) is 49.1 Å². The van der Waals surface area contributed by atoms with Gasteiger partial charge in [-0.25, -0.2) is 14.8 Å². The van der Waals surface area contributed by atoms with E-state index in [4.69, 9.17) is 11.6 Å². The Kier molecular flexibility index (Phi) is 5.82. The molecule has 4 rings (SSSR count). The Morgan fingerprint density at radius 2 is 1.87 bits per heavy atom. The van der Waals surface area contributed by atoms with E-state index in [-0.39, 0.29) is 18.1 Å². The number of carbonyl (C=O) groups excluding carboxylic acids is 1. The van der Waals surface area contributed by atoms with Crippen LogP contribution in [-0.4, -0.2) is 50.1 Å². The zero-order valence-corrected chi connectivity index (χ0v) is 18.8. The van der Waals surface area contributed by atoms with E-state index in [1.807, 2.05) is 49.0 Å². The van der Waals surface area contributed by atoms with Gasteiger partial charge in [-0.05, 0) is 43.2 Å². The molecule has 31 heavy (non-hydrogen) atoms. The maximum atomic E-state index is 12.7. The third-order valence-electron chi connectivity index (χ3n) is 5.50. The number of likely N-dealkylation sites (N-methyl/N-ethyl adjacent to an activating group) is 1. The van der Waals surface area contributed by atoms with E-state index in [0.29, 0.717) is 29.3 Å². The highest BCUT2D eigenvalue weighted by Gasteiger charge is 2.38. The van der Waals surface area contributed by atoms with E-state index in [1.54, 1.807) is 28.4 Å². The summed E-state index contributed by atoms with van der Waals surface area (Å²) in [5.41, 5.74) is 1.82. The van der Waals surface area contributed by atoms with Crippen molar-refractivity contribution in [2.45, 2.75) is 32.9 Å². The van der Waals surface area contributed by atoms with Gasteiger partial charge >= 0.3 is 6.03 Å². The van der Waals surface area contributed by atoms with Crippen molar-refractivity contribution in [1.82, 2.24) is 24.4 Å². The lowest BCUT2D eigenvalue weighted by atomic mass is 10.0. The van der Waals surface area contributed by atoms with Crippen LogP contribution in [0.2, 0.25) is 5.02 Å². The topological polar surface area (TPSA) is 79.2 Å². The van der Waals surface area contributed by atoms with Gasteiger partial charge < -0.3 is 14.8 Å².